The number of rotatable bonds is 6. The average Bonchev–Trinajstić information content (AvgIpc) is 2.77. The molecule has 2 amide bonds. The van der Waals surface area contributed by atoms with Gasteiger partial charge in [-0.1, -0.05) is 18.2 Å². The lowest BCUT2D eigenvalue weighted by atomic mass is 10.2. The number of hydrogen-bond donors (Lipinski definition) is 4. The highest BCUT2D eigenvalue weighted by Gasteiger charge is 2.20. The molecule has 12 heteroatoms. The molecule has 0 unspecified atom stereocenters. The third-order valence-electron chi connectivity index (χ3n) is 4.53. The zero-order valence-electron chi connectivity index (χ0n) is 17.1. The molecule has 0 aliphatic rings. The highest BCUT2D eigenvalue weighted by atomic mass is 32.2. The molecule has 0 fully saturated rings. The summed E-state index contributed by atoms with van der Waals surface area (Å²) in [6.07, 6.45) is 0. The second-order valence-corrected chi connectivity index (χ2v) is 8.50. The molecule has 0 radical (unpaired) electrons. The quantitative estimate of drug-likeness (QED) is 0.317. The van der Waals surface area contributed by atoms with Crippen molar-refractivity contribution in [2.45, 2.75) is 11.8 Å². The number of hydrogen-bond acceptors (Lipinski definition) is 7. The highest BCUT2D eigenvalue weighted by molar-refractivity contribution is 7.92. The molecule has 0 heterocycles. The van der Waals surface area contributed by atoms with Crippen LogP contribution in [0.3, 0.4) is 0 Å². The minimum absolute atomic E-state index is 0.0288. The maximum atomic E-state index is 12.6. The van der Waals surface area contributed by atoms with E-state index in [0.29, 0.717) is 5.56 Å². The summed E-state index contributed by atoms with van der Waals surface area (Å²) in [7, 11) is -4.11. The van der Waals surface area contributed by atoms with Gasteiger partial charge in [0.15, 0.2) is 0 Å². The number of carbonyl (C=O) groups is 2. The van der Waals surface area contributed by atoms with Gasteiger partial charge in [-0.2, -0.15) is 0 Å². The van der Waals surface area contributed by atoms with E-state index >= 15 is 0 Å². The first-order valence-electron chi connectivity index (χ1n) is 9.35. The lowest BCUT2D eigenvalue weighted by Gasteiger charge is -2.10. The fourth-order valence-electron chi connectivity index (χ4n) is 2.78. The number of phenolic OH excluding ortho intramolecular Hbond substituents is 1. The van der Waals surface area contributed by atoms with Crippen LogP contribution < -0.4 is 15.6 Å². The molecular weight excluding hydrogens is 452 g/mol. The lowest BCUT2D eigenvalue weighted by Crippen LogP contribution is -2.41. The fraction of sp³-hybridized carbons (Fsp3) is 0.0476. The van der Waals surface area contributed by atoms with E-state index in [1.54, 1.807) is 12.1 Å². The van der Waals surface area contributed by atoms with Crippen molar-refractivity contribution in [1.82, 2.24) is 10.9 Å². The molecule has 0 saturated carbocycles. The van der Waals surface area contributed by atoms with Crippen molar-refractivity contribution >= 4 is 33.2 Å². The van der Waals surface area contributed by atoms with Crippen LogP contribution in [0, 0.1) is 17.0 Å². The number of aromatic hydroxyl groups is 1. The van der Waals surface area contributed by atoms with E-state index in [2.05, 4.69) is 15.6 Å². The smallest absolute Gasteiger partial charge is 0.273 e. The third kappa shape index (κ3) is 5.43. The molecule has 0 aliphatic heterocycles. The van der Waals surface area contributed by atoms with Gasteiger partial charge in [-0.05, 0) is 49.4 Å². The van der Waals surface area contributed by atoms with Crippen LogP contribution in [0.15, 0.2) is 71.6 Å². The van der Waals surface area contributed by atoms with Gasteiger partial charge < -0.3 is 5.11 Å². The van der Waals surface area contributed by atoms with Crippen LogP contribution in [0.25, 0.3) is 0 Å². The lowest BCUT2D eigenvalue weighted by molar-refractivity contribution is -0.385. The number of amides is 2. The monoisotopic (exact) mass is 470 g/mol. The summed E-state index contributed by atoms with van der Waals surface area (Å²) in [4.78, 5) is 34.4. The maximum Gasteiger partial charge on any atom is 0.273 e. The minimum atomic E-state index is -4.11. The van der Waals surface area contributed by atoms with E-state index in [9.17, 15) is 33.2 Å². The predicted molar refractivity (Wildman–Crippen MR) is 118 cm³/mol. The third-order valence-corrected chi connectivity index (χ3v) is 5.90. The SMILES string of the molecule is Cc1ccc(S(=O)(=O)Nc2ccc(C(=O)NNC(=O)c3ccccc3O)cc2)cc1[N+](=O)[O-]. The van der Waals surface area contributed by atoms with Gasteiger partial charge >= 0.3 is 0 Å². The largest absolute Gasteiger partial charge is 0.507 e. The van der Waals surface area contributed by atoms with E-state index in [1.165, 1.54) is 55.5 Å². The normalized spacial score (nSPS) is 10.8. The van der Waals surface area contributed by atoms with Crippen LogP contribution in [0.2, 0.25) is 0 Å². The first-order valence-corrected chi connectivity index (χ1v) is 10.8. The highest BCUT2D eigenvalue weighted by Crippen LogP contribution is 2.24. The van der Waals surface area contributed by atoms with Crippen molar-refractivity contribution in [2.24, 2.45) is 0 Å². The Morgan fingerprint density at radius 1 is 0.939 bits per heavy atom. The topological polar surface area (TPSA) is 168 Å². The summed E-state index contributed by atoms with van der Waals surface area (Å²) in [6, 6.07) is 14.6. The number of hydrazine groups is 1. The Hall–Kier alpha value is -4.45. The predicted octanol–water partition coefficient (Wildman–Crippen LogP) is 2.48. The first-order chi connectivity index (χ1) is 15.6. The van der Waals surface area contributed by atoms with Crippen molar-refractivity contribution in [3.8, 4) is 5.75 Å². The van der Waals surface area contributed by atoms with Gasteiger partial charge in [0, 0.05) is 22.9 Å². The van der Waals surface area contributed by atoms with Crippen molar-refractivity contribution in [1.29, 1.82) is 0 Å². The van der Waals surface area contributed by atoms with Gasteiger partial charge in [0.1, 0.15) is 5.75 Å². The van der Waals surface area contributed by atoms with Crippen LogP contribution in [-0.2, 0) is 10.0 Å². The number of phenols is 1. The number of sulfonamides is 1. The Morgan fingerprint density at radius 2 is 1.58 bits per heavy atom. The second-order valence-electron chi connectivity index (χ2n) is 6.81. The van der Waals surface area contributed by atoms with Crippen molar-refractivity contribution in [2.75, 3.05) is 4.72 Å². The van der Waals surface area contributed by atoms with E-state index < -0.39 is 26.8 Å². The zero-order valence-corrected chi connectivity index (χ0v) is 17.9. The van der Waals surface area contributed by atoms with Crippen molar-refractivity contribution in [3.05, 3.63) is 93.5 Å². The number of benzene rings is 3. The van der Waals surface area contributed by atoms with E-state index in [0.717, 1.165) is 6.07 Å². The number of carbonyl (C=O) groups excluding carboxylic acids is 2. The minimum Gasteiger partial charge on any atom is -0.507 e. The molecule has 0 spiro atoms. The van der Waals surface area contributed by atoms with Gasteiger partial charge in [0.05, 0.1) is 15.4 Å². The number of para-hydroxylation sites is 1. The molecule has 0 atom stereocenters. The molecule has 4 N–H and O–H groups in total. The summed E-state index contributed by atoms with van der Waals surface area (Å²) in [6.45, 7) is 1.50. The van der Waals surface area contributed by atoms with Crippen molar-refractivity contribution in [3.63, 3.8) is 0 Å². The Kier molecular flexibility index (Phi) is 6.59. The number of anilines is 1. The van der Waals surface area contributed by atoms with Crippen LogP contribution in [0.1, 0.15) is 26.3 Å². The molecule has 33 heavy (non-hydrogen) atoms. The molecule has 0 aliphatic carbocycles. The second kappa shape index (κ2) is 9.36. The Morgan fingerprint density at radius 3 is 2.21 bits per heavy atom. The molecule has 170 valence electrons. The first kappa shape index (κ1) is 23.2. The maximum absolute atomic E-state index is 12.6. The molecule has 0 bridgehead atoms. The summed E-state index contributed by atoms with van der Waals surface area (Å²) in [5.74, 6) is -1.65. The summed E-state index contributed by atoms with van der Waals surface area (Å²) >= 11 is 0. The molecular formula is C21H18N4O7S. The van der Waals surface area contributed by atoms with Gasteiger partial charge in [-0.15, -0.1) is 0 Å². The molecule has 3 rings (SSSR count). The van der Waals surface area contributed by atoms with Crippen molar-refractivity contribution < 1.29 is 28.0 Å². The number of aryl methyl sites for hydroxylation is 1. The fourth-order valence-corrected chi connectivity index (χ4v) is 3.85. The van der Waals surface area contributed by atoms with Gasteiger partial charge in [-0.3, -0.25) is 35.3 Å². The average molecular weight is 470 g/mol. The molecule has 11 nitrogen and oxygen atoms in total. The molecule has 0 aromatic heterocycles. The Labute approximate surface area is 188 Å². The molecule has 0 saturated heterocycles. The summed E-state index contributed by atoms with van der Waals surface area (Å²) in [5, 5.41) is 20.7. The van der Waals surface area contributed by atoms with E-state index in [4.69, 9.17) is 0 Å². The Balaban J connectivity index is 1.67. The van der Waals surface area contributed by atoms with Gasteiger partial charge in [0.25, 0.3) is 27.5 Å². The number of nitrogens with zero attached hydrogens (tertiary/aromatic N) is 1. The standard InChI is InChI=1S/C21H18N4O7S/c1-13-6-11-16(12-18(13)25(29)30)33(31,32)24-15-9-7-14(8-10-15)20(27)22-23-21(28)17-4-2-3-5-19(17)26/h2-12,24,26H,1H3,(H,22,27)(H,23,28). The summed E-state index contributed by atoms with van der Waals surface area (Å²) < 4.78 is 27.4. The van der Waals surface area contributed by atoms with E-state index in [1.807, 2.05) is 0 Å². The number of nitro groups is 1. The van der Waals surface area contributed by atoms with Gasteiger partial charge in [0.2, 0.25) is 0 Å². The molecule has 3 aromatic carbocycles. The van der Waals surface area contributed by atoms with Crippen LogP contribution in [0.5, 0.6) is 5.75 Å². The van der Waals surface area contributed by atoms with Crippen LogP contribution in [-0.4, -0.2) is 30.3 Å². The zero-order chi connectivity index (χ0) is 24.2. The van der Waals surface area contributed by atoms with Crippen LogP contribution >= 0.6 is 0 Å². The van der Waals surface area contributed by atoms with Crippen LogP contribution in [0.4, 0.5) is 11.4 Å². The number of nitro benzene ring substituents is 1. The van der Waals surface area contributed by atoms with E-state index in [-0.39, 0.29) is 33.1 Å². The molecule has 3 aromatic rings. The summed E-state index contributed by atoms with van der Waals surface area (Å²) in [5.41, 5.74) is 4.56. The Bertz CT molecular complexity index is 1340. The number of nitrogens with one attached hydrogen (secondary N) is 3. The van der Waals surface area contributed by atoms with Gasteiger partial charge in [-0.25, -0.2) is 8.42 Å².